The Morgan fingerprint density at radius 1 is 0.433 bits per heavy atom. The number of amidine groups is 2. The van der Waals surface area contributed by atoms with Crippen LogP contribution in [0.15, 0.2) is 228 Å². The van der Waals surface area contributed by atoms with E-state index in [-0.39, 0.29) is 5.84 Å². The van der Waals surface area contributed by atoms with E-state index < -0.39 is 16.1 Å². The van der Waals surface area contributed by atoms with E-state index in [1.54, 1.807) is 0 Å². The maximum absolute atomic E-state index is 10.1. The lowest BCUT2D eigenvalue weighted by Crippen LogP contribution is -2.76. The fraction of sp³-hybridized carbons (Fsp3) is 0.0500. The third-order valence-corrected chi connectivity index (χ3v) is 23.1. The normalized spacial score (nSPS) is 14.2. The van der Waals surface area contributed by atoms with Gasteiger partial charge in [0.1, 0.15) is 23.0 Å². The minimum absolute atomic E-state index is 0.0354. The lowest BCUT2D eigenvalue weighted by atomic mass is 10.0. The summed E-state index contributed by atoms with van der Waals surface area (Å²) in [5.41, 5.74) is 5.71. The van der Waals surface area contributed by atoms with Gasteiger partial charge in [0, 0.05) is 6.21 Å². The molecule has 0 aromatic heterocycles. The quantitative estimate of drug-likeness (QED) is 0.0992. The zero-order chi connectivity index (χ0) is 45.5. The molecule has 0 saturated carbocycles. The Bertz CT molecular complexity index is 3310. The maximum Gasteiger partial charge on any atom is 0.188 e. The van der Waals surface area contributed by atoms with E-state index >= 15 is 0 Å². The maximum atomic E-state index is 10.1. The lowest BCUT2D eigenvalue weighted by molar-refractivity contribution is 0.486. The first-order valence-electron chi connectivity index (χ1n) is 22.7. The molecule has 0 radical (unpaired) electrons. The van der Waals surface area contributed by atoms with Crippen LogP contribution < -0.4 is 51.0 Å². The summed E-state index contributed by atoms with van der Waals surface area (Å²) in [4.78, 5) is 10.6. The van der Waals surface area contributed by atoms with Crippen LogP contribution in [0.25, 0.3) is 0 Å². The minimum atomic E-state index is -3.00. The Hall–Kier alpha value is -7.98. The fourth-order valence-corrected chi connectivity index (χ4v) is 20.6. The largest absolute Gasteiger partial charge is 0.457 e. The van der Waals surface area contributed by atoms with Gasteiger partial charge in [-0.2, -0.15) is 0 Å². The van der Waals surface area contributed by atoms with Gasteiger partial charge in [-0.25, -0.2) is 9.98 Å². The highest BCUT2D eigenvalue weighted by Gasteiger charge is 2.50. The highest BCUT2D eigenvalue weighted by atomic mass is 28.3. The molecule has 2 aliphatic rings. The molecule has 9 aromatic carbocycles. The molecule has 5 nitrogen and oxygen atoms in total. The van der Waals surface area contributed by atoms with E-state index in [0.29, 0.717) is 28.5 Å². The molecule has 11 rings (SSSR count). The molecule has 0 unspecified atom stereocenters. The van der Waals surface area contributed by atoms with Crippen LogP contribution in [0.2, 0.25) is 0 Å². The molecule has 0 aliphatic carbocycles. The molecular formula is C60H47N3O2Si2. The first-order valence-corrected chi connectivity index (χ1v) is 26.7. The van der Waals surface area contributed by atoms with E-state index in [9.17, 15) is 5.41 Å². The molecule has 0 amide bonds. The number of nitrogens with zero attached hydrogens (tertiary/aromatic N) is 2. The molecule has 1 N–H and O–H groups in total. The number of hydrogen-bond acceptors (Lipinski definition) is 3. The molecule has 2 aliphatic heterocycles. The van der Waals surface area contributed by atoms with Crippen LogP contribution in [0, 0.1) is 26.2 Å². The van der Waals surface area contributed by atoms with Crippen molar-refractivity contribution < 1.29 is 9.47 Å². The lowest BCUT2D eigenvalue weighted by Gasteiger charge is -2.40. The van der Waals surface area contributed by atoms with Crippen molar-refractivity contribution in [3.63, 3.8) is 0 Å². The average molecular weight is 898 g/mol. The predicted octanol–water partition coefficient (Wildman–Crippen LogP) is 8.47. The molecule has 322 valence electrons. The number of aliphatic imine (C=N–C) groups is 2. The average Bonchev–Trinajstić information content (AvgIpc) is 3.37. The van der Waals surface area contributed by atoms with Crippen LogP contribution in [0.3, 0.4) is 0 Å². The van der Waals surface area contributed by atoms with E-state index in [2.05, 4.69) is 215 Å². The van der Waals surface area contributed by atoms with Crippen molar-refractivity contribution in [3.05, 3.63) is 252 Å². The zero-order valence-electron chi connectivity index (χ0n) is 37.6. The monoisotopic (exact) mass is 897 g/mol. The molecule has 0 spiro atoms. The summed E-state index contributed by atoms with van der Waals surface area (Å²) >= 11 is 0. The van der Waals surface area contributed by atoms with Crippen LogP contribution in [0.1, 0.15) is 33.4 Å². The number of para-hydroxylation sites is 4. The SMILES string of the molecule is Cc1cc(C)c(C=NC(=NC(=N)c2cccc3c2Oc2ccccc2[Si]3(c2ccccc2)c2ccccc2)c2cccc3c2Oc2ccccc2[Si]3(c2ccccc2)c2ccccc2)c(C)c1. The fourth-order valence-electron chi connectivity index (χ4n) is 10.7. The van der Waals surface area contributed by atoms with Gasteiger partial charge >= 0.3 is 0 Å². The van der Waals surface area contributed by atoms with Crippen LogP contribution in [0.5, 0.6) is 23.0 Å². The summed E-state index contributed by atoms with van der Waals surface area (Å²) in [5, 5.41) is 19.6. The van der Waals surface area contributed by atoms with Crippen LogP contribution in [-0.2, 0) is 0 Å². The second-order valence-corrected chi connectivity index (χ2v) is 24.8. The number of nitrogens with one attached hydrogen (secondary N) is 1. The predicted molar refractivity (Wildman–Crippen MR) is 282 cm³/mol. The first kappa shape index (κ1) is 41.7. The number of aryl methyl sites for hydroxylation is 3. The first-order chi connectivity index (χ1) is 32.9. The van der Waals surface area contributed by atoms with Gasteiger partial charge < -0.3 is 9.47 Å². The van der Waals surface area contributed by atoms with Gasteiger partial charge in [0.2, 0.25) is 0 Å². The van der Waals surface area contributed by atoms with Gasteiger partial charge in [-0.3, -0.25) is 5.41 Å². The Kier molecular flexibility index (Phi) is 10.6. The number of hydrogen-bond donors (Lipinski definition) is 1. The van der Waals surface area contributed by atoms with Crippen LogP contribution in [-0.4, -0.2) is 34.0 Å². The molecule has 0 saturated heterocycles. The summed E-state index contributed by atoms with van der Waals surface area (Å²) in [6, 6.07) is 77.1. The standard InChI is InChI=1S/C60H47N3O2Si2/c1-41-38-42(2)50(43(3)39-41)40-62-60(49-31-21-37-56-58(49)65-52-33-17-19-35-54(52)67(56,46-26-12-6-13-27-46)47-28-14-7-15-29-47)63-59(61)48-30-20-36-55-57(48)64-51-32-16-18-34-53(51)66(55,44-22-8-4-9-23-44)45-24-10-5-11-25-45/h4-40,61H,1-3H3. The topological polar surface area (TPSA) is 67.0 Å². The number of ether oxygens (including phenoxy) is 2. The van der Waals surface area contributed by atoms with Gasteiger partial charge in [-0.05, 0) is 103 Å². The molecule has 0 bridgehead atoms. The van der Waals surface area contributed by atoms with Crippen molar-refractivity contribution in [3.8, 4) is 23.0 Å². The minimum Gasteiger partial charge on any atom is -0.457 e. The van der Waals surface area contributed by atoms with Crippen molar-refractivity contribution in [2.45, 2.75) is 20.8 Å². The molecule has 0 fully saturated rings. The Morgan fingerprint density at radius 3 is 1.25 bits per heavy atom. The molecule has 9 aromatic rings. The molecule has 67 heavy (non-hydrogen) atoms. The highest BCUT2D eigenvalue weighted by Crippen LogP contribution is 2.35. The van der Waals surface area contributed by atoms with Gasteiger partial charge in [0.25, 0.3) is 0 Å². The van der Waals surface area contributed by atoms with E-state index in [4.69, 9.17) is 19.5 Å². The second-order valence-electron chi connectivity index (χ2n) is 17.4. The number of rotatable bonds is 7. The Morgan fingerprint density at radius 2 is 0.806 bits per heavy atom. The molecule has 0 atom stereocenters. The van der Waals surface area contributed by atoms with E-state index in [0.717, 1.165) is 38.6 Å². The van der Waals surface area contributed by atoms with Gasteiger partial charge in [0.15, 0.2) is 27.8 Å². The van der Waals surface area contributed by atoms with Crippen LogP contribution in [0.4, 0.5) is 0 Å². The van der Waals surface area contributed by atoms with Crippen molar-refractivity contribution in [2.75, 3.05) is 0 Å². The van der Waals surface area contributed by atoms with Crippen LogP contribution >= 0.6 is 0 Å². The number of fused-ring (bicyclic) bond motifs is 4. The van der Waals surface area contributed by atoms with E-state index in [1.807, 2.05) is 30.5 Å². The van der Waals surface area contributed by atoms with Gasteiger partial charge in [-0.15, -0.1) is 0 Å². The number of benzene rings is 9. The summed E-state index contributed by atoms with van der Waals surface area (Å²) in [6.45, 7) is 6.35. The smallest absolute Gasteiger partial charge is 0.188 e. The Balaban J connectivity index is 1.16. The van der Waals surface area contributed by atoms with Gasteiger partial charge in [0.05, 0.1) is 11.1 Å². The third-order valence-electron chi connectivity index (χ3n) is 13.4. The molecular weight excluding hydrogens is 851 g/mol. The molecule has 7 heteroatoms. The van der Waals surface area contributed by atoms with Crippen molar-refractivity contribution in [2.24, 2.45) is 9.98 Å². The molecule has 2 heterocycles. The third kappa shape index (κ3) is 6.85. The highest BCUT2D eigenvalue weighted by molar-refractivity contribution is 7.21. The Labute approximate surface area is 394 Å². The van der Waals surface area contributed by atoms with Crippen molar-refractivity contribution >= 4 is 75.5 Å². The summed E-state index contributed by atoms with van der Waals surface area (Å²) in [5.74, 6) is 3.33. The van der Waals surface area contributed by atoms with E-state index in [1.165, 1.54) is 36.7 Å². The second kappa shape index (κ2) is 17.1. The van der Waals surface area contributed by atoms with Gasteiger partial charge in [-0.1, -0.05) is 200 Å². The summed E-state index contributed by atoms with van der Waals surface area (Å²) in [7, 11) is -5.99. The summed E-state index contributed by atoms with van der Waals surface area (Å²) in [6.07, 6.45) is 1.90. The summed E-state index contributed by atoms with van der Waals surface area (Å²) < 4.78 is 14.1. The van der Waals surface area contributed by atoms with Crippen molar-refractivity contribution in [1.82, 2.24) is 0 Å². The zero-order valence-corrected chi connectivity index (χ0v) is 39.6. The van der Waals surface area contributed by atoms with Crippen molar-refractivity contribution in [1.29, 1.82) is 5.41 Å².